The van der Waals surface area contributed by atoms with E-state index < -0.39 is 5.63 Å². The van der Waals surface area contributed by atoms with Crippen LogP contribution in [0.25, 0.3) is 33.3 Å². The fraction of sp³-hybridized carbons (Fsp3) is 0. The van der Waals surface area contributed by atoms with Gasteiger partial charge in [0.2, 0.25) is 0 Å². The number of phenols is 2. The van der Waals surface area contributed by atoms with E-state index in [1.165, 1.54) is 12.1 Å². The van der Waals surface area contributed by atoms with Crippen LogP contribution in [-0.4, -0.2) is 10.2 Å². The lowest BCUT2D eigenvalue weighted by Gasteiger charge is -1.99. The van der Waals surface area contributed by atoms with Crippen molar-refractivity contribution in [3.63, 3.8) is 0 Å². The van der Waals surface area contributed by atoms with Crippen molar-refractivity contribution in [2.45, 2.75) is 0 Å². The summed E-state index contributed by atoms with van der Waals surface area (Å²) in [5.74, 6) is -0.230. The molecule has 2 heterocycles. The normalized spacial score (nSPS) is 11.3. The summed E-state index contributed by atoms with van der Waals surface area (Å²) in [6.07, 6.45) is 0. The van der Waals surface area contributed by atoms with Gasteiger partial charge in [0.05, 0.1) is 0 Å². The van der Waals surface area contributed by atoms with E-state index in [2.05, 4.69) is 0 Å². The molecule has 108 valence electrons. The zero-order chi connectivity index (χ0) is 15.3. The highest BCUT2D eigenvalue weighted by atomic mass is 16.4. The Kier molecular flexibility index (Phi) is 2.50. The maximum absolute atomic E-state index is 12.3. The predicted octanol–water partition coefficient (Wildman–Crippen LogP) is 3.62. The van der Waals surface area contributed by atoms with Crippen LogP contribution in [0, 0.1) is 0 Å². The molecule has 2 aromatic carbocycles. The van der Waals surface area contributed by atoms with E-state index in [0.717, 1.165) is 5.56 Å². The second-order valence-electron chi connectivity index (χ2n) is 4.94. The van der Waals surface area contributed by atoms with Gasteiger partial charge in [0.15, 0.2) is 11.5 Å². The van der Waals surface area contributed by atoms with Gasteiger partial charge >= 0.3 is 5.63 Å². The number of hydrogen-bond acceptors (Lipinski definition) is 5. The molecule has 0 unspecified atom stereocenters. The van der Waals surface area contributed by atoms with Gasteiger partial charge in [-0.15, -0.1) is 0 Å². The van der Waals surface area contributed by atoms with Crippen LogP contribution < -0.4 is 5.63 Å². The lowest BCUT2D eigenvalue weighted by Crippen LogP contribution is -1.98. The number of aromatic hydroxyl groups is 2. The molecule has 0 saturated heterocycles. The molecule has 4 rings (SSSR count). The van der Waals surface area contributed by atoms with Crippen molar-refractivity contribution < 1.29 is 19.0 Å². The second kappa shape index (κ2) is 4.39. The molecule has 0 saturated carbocycles. The Bertz CT molecular complexity index is 1060. The highest BCUT2D eigenvalue weighted by molar-refractivity contribution is 6.05. The van der Waals surface area contributed by atoms with Gasteiger partial charge in [-0.2, -0.15) is 0 Å². The van der Waals surface area contributed by atoms with Gasteiger partial charge in [-0.25, -0.2) is 4.79 Å². The number of furan rings is 1. The lowest BCUT2D eigenvalue weighted by molar-refractivity contribution is 0.404. The van der Waals surface area contributed by atoms with Crippen LogP contribution in [0.15, 0.2) is 62.2 Å². The fourth-order valence-corrected chi connectivity index (χ4v) is 2.50. The van der Waals surface area contributed by atoms with E-state index in [9.17, 15) is 15.0 Å². The van der Waals surface area contributed by atoms with Gasteiger partial charge < -0.3 is 19.0 Å². The van der Waals surface area contributed by atoms with Gasteiger partial charge in [0.25, 0.3) is 0 Å². The summed E-state index contributed by atoms with van der Waals surface area (Å²) in [6.45, 7) is 0. The first-order valence-electron chi connectivity index (χ1n) is 6.61. The predicted molar refractivity (Wildman–Crippen MR) is 81.0 cm³/mol. The van der Waals surface area contributed by atoms with Crippen LogP contribution in [0.5, 0.6) is 11.5 Å². The molecule has 2 aromatic heterocycles. The average Bonchev–Trinajstić information content (AvgIpc) is 2.86. The van der Waals surface area contributed by atoms with Gasteiger partial charge in [0.1, 0.15) is 22.3 Å². The maximum atomic E-state index is 12.3. The molecule has 22 heavy (non-hydrogen) atoms. The first kappa shape index (κ1) is 12.5. The Hall–Kier alpha value is -3.21. The van der Waals surface area contributed by atoms with Gasteiger partial charge in [0, 0.05) is 23.1 Å². The minimum Gasteiger partial charge on any atom is -0.504 e. The molecule has 0 aliphatic rings. The second-order valence-corrected chi connectivity index (χ2v) is 4.94. The van der Waals surface area contributed by atoms with Crippen molar-refractivity contribution in [1.82, 2.24) is 0 Å². The first-order valence-corrected chi connectivity index (χ1v) is 6.61. The van der Waals surface area contributed by atoms with Gasteiger partial charge in [-0.1, -0.05) is 30.3 Å². The molecule has 5 heteroatoms. The summed E-state index contributed by atoms with van der Waals surface area (Å²) >= 11 is 0. The monoisotopic (exact) mass is 294 g/mol. The SMILES string of the molecule is O=c1oc(-c2ccccc2)cc2oc3cc(O)c(O)cc3c12. The van der Waals surface area contributed by atoms with Crippen LogP contribution in [0.2, 0.25) is 0 Å². The van der Waals surface area contributed by atoms with Crippen molar-refractivity contribution in [3.05, 3.63) is 59.0 Å². The van der Waals surface area contributed by atoms with E-state index in [0.29, 0.717) is 22.3 Å². The van der Waals surface area contributed by atoms with Crippen LogP contribution in [0.4, 0.5) is 0 Å². The minimum atomic E-state index is -0.555. The lowest BCUT2D eigenvalue weighted by atomic mass is 10.1. The molecule has 2 N–H and O–H groups in total. The van der Waals surface area contributed by atoms with Crippen LogP contribution in [0.3, 0.4) is 0 Å². The number of fused-ring (bicyclic) bond motifs is 3. The van der Waals surface area contributed by atoms with Crippen LogP contribution >= 0.6 is 0 Å². The van der Waals surface area contributed by atoms with Gasteiger partial charge in [-0.05, 0) is 6.07 Å². The van der Waals surface area contributed by atoms with Gasteiger partial charge in [-0.3, -0.25) is 0 Å². The molecule has 4 aromatic rings. The standard InChI is InChI=1S/C17H10O5/c18-11-6-10-14(7-12(11)19)21-15-8-13(22-17(20)16(10)15)9-4-2-1-3-5-9/h1-8,18-19H. The molecule has 0 amide bonds. The third-order valence-electron chi connectivity index (χ3n) is 3.54. The summed E-state index contributed by atoms with van der Waals surface area (Å²) < 4.78 is 11.0. The van der Waals surface area contributed by atoms with E-state index in [4.69, 9.17) is 8.83 Å². The summed E-state index contributed by atoms with van der Waals surface area (Å²) in [5.41, 5.74) is 0.853. The van der Waals surface area contributed by atoms with E-state index in [-0.39, 0.29) is 16.9 Å². The molecule has 0 spiro atoms. The molecule has 0 aliphatic heterocycles. The highest BCUT2D eigenvalue weighted by Gasteiger charge is 2.16. The molecule has 5 nitrogen and oxygen atoms in total. The Morgan fingerprint density at radius 2 is 1.55 bits per heavy atom. The zero-order valence-electron chi connectivity index (χ0n) is 11.2. The summed E-state index contributed by atoms with van der Waals surface area (Å²) in [7, 11) is 0. The zero-order valence-corrected chi connectivity index (χ0v) is 11.2. The van der Waals surface area contributed by atoms with E-state index in [1.807, 2.05) is 30.3 Å². The number of benzene rings is 2. The van der Waals surface area contributed by atoms with E-state index in [1.54, 1.807) is 6.07 Å². The molecular formula is C17H10O5. The Labute approximate surface area is 123 Å². The molecule has 0 bridgehead atoms. The average molecular weight is 294 g/mol. The van der Waals surface area contributed by atoms with Crippen molar-refractivity contribution in [2.24, 2.45) is 0 Å². The molecule has 0 radical (unpaired) electrons. The fourth-order valence-electron chi connectivity index (χ4n) is 2.50. The Morgan fingerprint density at radius 3 is 2.32 bits per heavy atom. The Balaban J connectivity index is 2.07. The van der Waals surface area contributed by atoms with Crippen molar-refractivity contribution in [2.75, 3.05) is 0 Å². The smallest absolute Gasteiger partial charge is 0.348 e. The Morgan fingerprint density at radius 1 is 0.818 bits per heavy atom. The summed E-state index contributed by atoms with van der Waals surface area (Å²) in [5, 5.41) is 19.8. The van der Waals surface area contributed by atoms with Crippen molar-refractivity contribution in [3.8, 4) is 22.8 Å². The molecular weight excluding hydrogens is 284 g/mol. The first-order chi connectivity index (χ1) is 10.6. The van der Waals surface area contributed by atoms with Crippen molar-refractivity contribution in [1.29, 1.82) is 0 Å². The molecule has 0 atom stereocenters. The largest absolute Gasteiger partial charge is 0.504 e. The summed E-state index contributed by atoms with van der Waals surface area (Å²) in [4.78, 5) is 12.3. The van der Waals surface area contributed by atoms with Crippen LogP contribution in [0.1, 0.15) is 0 Å². The number of hydrogen-bond donors (Lipinski definition) is 2. The number of rotatable bonds is 1. The van der Waals surface area contributed by atoms with Crippen molar-refractivity contribution >= 4 is 21.9 Å². The topological polar surface area (TPSA) is 83.8 Å². The quantitative estimate of drug-likeness (QED) is 0.524. The number of phenolic OH excluding ortho intramolecular Hbond substituents is 2. The summed E-state index contributed by atoms with van der Waals surface area (Å²) in [6, 6.07) is 13.4. The third-order valence-corrected chi connectivity index (χ3v) is 3.54. The maximum Gasteiger partial charge on any atom is 0.348 e. The third kappa shape index (κ3) is 1.76. The molecule has 0 fully saturated rings. The minimum absolute atomic E-state index is 0.241. The van der Waals surface area contributed by atoms with E-state index >= 15 is 0 Å². The molecule has 0 aliphatic carbocycles. The van der Waals surface area contributed by atoms with Crippen LogP contribution in [-0.2, 0) is 0 Å². The highest BCUT2D eigenvalue weighted by Crippen LogP contribution is 2.36.